The van der Waals surface area contributed by atoms with Crippen molar-refractivity contribution < 1.29 is 12.8 Å². The van der Waals surface area contributed by atoms with Gasteiger partial charge in [-0.2, -0.15) is 4.37 Å². The quantitative estimate of drug-likeness (QED) is 0.535. The molecule has 2 heterocycles. The standard InChI is InChI=1S/C18H16N4O4S2/c1-11-8-14-15(9-16(11)28(24,25)21-17-19-10-20-27-17)26-18(23)22(14)12(2)13-6-4-3-5-7-13/h3-10,12H,1-2H3,(H,19,20,21). The Bertz CT molecular complexity index is 1290. The molecule has 0 aliphatic heterocycles. The van der Waals surface area contributed by atoms with Gasteiger partial charge in [-0.05, 0) is 31.0 Å². The van der Waals surface area contributed by atoms with Gasteiger partial charge in [-0.3, -0.25) is 9.29 Å². The molecule has 4 rings (SSSR count). The van der Waals surface area contributed by atoms with E-state index in [1.54, 1.807) is 13.0 Å². The Morgan fingerprint density at radius 1 is 1.21 bits per heavy atom. The predicted molar refractivity (Wildman–Crippen MR) is 106 cm³/mol. The second-order valence-corrected chi connectivity index (χ2v) is 8.69. The van der Waals surface area contributed by atoms with Crippen LogP contribution in [0.1, 0.15) is 24.1 Å². The molecule has 1 N–H and O–H groups in total. The number of anilines is 1. The number of aryl methyl sites for hydroxylation is 1. The number of nitrogens with zero attached hydrogens (tertiary/aromatic N) is 3. The highest BCUT2D eigenvalue weighted by Crippen LogP contribution is 2.28. The molecule has 0 saturated heterocycles. The molecule has 10 heteroatoms. The topological polar surface area (TPSA) is 107 Å². The number of benzene rings is 2. The zero-order valence-corrected chi connectivity index (χ0v) is 16.6. The zero-order valence-electron chi connectivity index (χ0n) is 15.0. The van der Waals surface area contributed by atoms with Gasteiger partial charge in [0.2, 0.25) is 5.13 Å². The number of oxazole rings is 1. The van der Waals surface area contributed by atoms with Gasteiger partial charge in [-0.1, -0.05) is 30.3 Å². The van der Waals surface area contributed by atoms with Crippen molar-refractivity contribution in [3.05, 3.63) is 70.5 Å². The average Bonchev–Trinajstić information content (AvgIpc) is 3.27. The Labute approximate surface area is 164 Å². The van der Waals surface area contributed by atoms with E-state index < -0.39 is 15.8 Å². The molecule has 8 nitrogen and oxygen atoms in total. The van der Waals surface area contributed by atoms with Crippen LogP contribution in [0.5, 0.6) is 0 Å². The van der Waals surface area contributed by atoms with Crippen molar-refractivity contribution in [3.8, 4) is 0 Å². The fraction of sp³-hybridized carbons (Fsp3) is 0.167. The van der Waals surface area contributed by atoms with Crippen molar-refractivity contribution in [1.29, 1.82) is 0 Å². The molecule has 0 bridgehead atoms. The minimum atomic E-state index is -3.89. The van der Waals surface area contributed by atoms with E-state index in [0.717, 1.165) is 17.1 Å². The highest BCUT2D eigenvalue weighted by Gasteiger charge is 2.23. The highest BCUT2D eigenvalue weighted by atomic mass is 32.2. The van der Waals surface area contributed by atoms with Crippen LogP contribution >= 0.6 is 11.5 Å². The van der Waals surface area contributed by atoms with Gasteiger partial charge in [0, 0.05) is 17.6 Å². The smallest absolute Gasteiger partial charge is 0.408 e. The van der Waals surface area contributed by atoms with Crippen molar-refractivity contribution in [2.45, 2.75) is 24.8 Å². The molecule has 0 aliphatic carbocycles. The summed E-state index contributed by atoms with van der Waals surface area (Å²) in [5.41, 5.74) is 2.17. The molecule has 1 atom stereocenters. The normalized spacial score (nSPS) is 12.9. The molecule has 0 saturated carbocycles. The molecule has 28 heavy (non-hydrogen) atoms. The summed E-state index contributed by atoms with van der Waals surface area (Å²) in [5.74, 6) is -0.544. The summed E-state index contributed by atoms with van der Waals surface area (Å²) in [7, 11) is -3.89. The van der Waals surface area contributed by atoms with Gasteiger partial charge in [0.1, 0.15) is 6.33 Å². The molecule has 4 aromatic rings. The maximum Gasteiger partial charge on any atom is 0.420 e. The van der Waals surface area contributed by atoms with Crippen LogP contribution in [0, 0.1) is 6.92 Å². The van der Waals surface area contributed by atoms with Gasteiger partial charge < -0.3 is 4.42 Å². The third-order valence-corrected chi connectivity index (χ3v) is 6.64. The first-order valence-corrected chi connectivity index (χ1v) is 10.6. The van der Waals surface area contributed by atoms with Gasteiger partial charge in [0.25, 0.3) is 10.0 Å². The Hall–Kier alpha value is -2.98. The van der Waals surface area contributed by atoms with E-state index in [-0.39, 0.29) is 21.7 Å². The lowest BCUT2D eigenvalue weighted by atomic mass is 10.1. The third kappa shape index (κ3) is 3.20. The van der Waals surface area contributed by atoms with Gasteiger partial charge in [0.05, 0.1) is 16.5 Å². The Balaban J connectivity index is 1.82. The van der Waals surface area contributed by atoms with E-state index in [0.29, 0.717) is 11.1 Å². The second-order valence-electron chi connectivity index (χ2n) is 6.26. The minimum Gasteiger partial charge on any atom is -0.408 e. The van der Waals surface area contributed by atoms with Crippen LogP contribution in [0.25, 0.3) is 11.1 Å². The van der Waals surface area contributed by atoms with E-state index in [1.165, 1.54) is 17.0 Å². The summed E-state index contributed by atoms with van der Waals surface area (Å²) in [6.45, 7) is 3.56. The van der Waals surface area contributed by atoms with Gasteiger partial charge in [-0.25, -0.2) is 18.2 Å². The molecule has 1 unspecified atom stereocenters. The second kappa shape index (κ2) is 6.88. The maximum absolute atomic E-state index is 12.7. The number of aromatic nitrogens is 3. The summed E-state index contributed by atoms with van der Waals surface area (Å²) < 4.78 is 38.5. The van der Waals surface area contributed by atoms with E-state index >= 15 is 0 Å². The third-order valence-electron chi connectivity index (χ3n) is 4.45. The van der Waals surface area contributed by atoms with Crippen LogP contribution in [0.4, 0.5) is 5.13 Å². The van der Waals surface area contributed by atoms with Gasteiger partial charge in [-0.15, -0.1) is 0 Å². The van der Waals surface area contributed by atoms with Crippen molar-refractivity contribution in [2.75, 3.05) is 4.72 Å². The zero-order chi connectivity index (χ0) is 19.9. The first kappa shape index (κ1) is 18.4. The first-order valence-electron chi connectivity index (χ1n) is 8.37. The van der Waals surface area contributed by atoms with Crippen LogP contribution in [0.2, 0.25) is 0 Å². The number of hydrogen-bond acceptors (Lipinski definition) is 7. The summed E-state index contributed by atoms with van der Waals surface area (Å²) in [4.78, 5) is 16.3. The van der Waals surface area contributed by atoms with Crippen molar-refractivity contribution in [1.82, 2.24) is 13.9 Å². The van der Waals surface area contributed by atoms with Gasteiger partial charge in [0.15, 0.2) is 5.58 Å². The Morgan fingerprint density at radius 2 is 1.96 bits per heavy atom. The lowest BCUT2D eigenvalue weighted by Crippen LogP contribution is -2.19. The molecule has 0 radical (unpaired) electrons. The van der Waals surface area contributed by atoms with E-state index in [9.17, 15) is 13.2 Å². The lowest BCUT2D eigenvalue weighted by Gasteiger charge is -2.14. The fourth-order valence-electron chi connectivity index (χ4n) is 3.09. The van der Waals surface area contributed by atoms with Crippen LogP contribution in [-0.4, -0.2) is 22.3 Å². The molecule has 0 aliphatic rings. The van der Waals surface area contributed by atoms with Crippen molar-refractivity contribution >= 4 is 37.8 Å². The van der Waals surface area contributed by atoms with Crippen molar-refractivity contribution in [3.63, 3.8) is 0 Å². The van der Waals surface area contributed by atoms with Crippen LogP contribution in [0.3, 0.4) is 0 Å². The van der Waals surface area contributed by atoms with Crippen LogP contribution in [-0.2, 0) is 10.0 Å². The molecule has 2 aromatic carbocycles. The van der Waals surface area contributed by atoms with E-state index in [2.05, 4.69) is 14.1 Å². The SMILES string of the molecule is Cc1cc2c(cc1S(=O)(=O)Nc1ncns1)oc(=O)n2C(C)c1ccccc1. The summed E-state index contributed by atoms with van der Waals surface area (Å²) in [5, 5.41) is 0.163. The van der Waals surface area contributed by atoms with Crippen LogP contribution in [0.15, 0.2) is 62.9 Å². The first-order chi connectivity index (χ1) is 13.4. The lowest BCUT2D eigenvalue weighted by molar-refractivity contribution is 0.489. The van der Waals surface area contributed by atoms with E-state index in [4.69, 9.17) is 4.42 Å². The van der Waals surface area contributed by atoms with E-state index in [1.807, 2.05) is 37.3 Å². The average molecular weight is 416 g/mol. The predicted octanol–water partition coefficient (Wildman–Crippen LogP) is 3.16. The minimum absolute atomic E-state index is 0.0171. The fourth-order valence-corrected chi connectivity index (χ4v) is 4.99. The monoisotopic (exact) mass is 416 g/mol. The summed E-state index contributed by atoms with van der Waals surface area (Å²) in [6.07, 6.45) is 1.27. The van der Waals surface area contributed by atoms with Crippen LogP contribution < -0.4 is 10.5 Å². The van der Waals surface area contributed by atoms with Gasteiger partial charge >= 0.3 is 5.76 Å². The maximum atomic E-state index is 12.7. The summed E-state index contributed by atoms with van der Waals surface area (Å²) >= 11 is 0.933. The number of hydrogen-bond donors (Lipinski definition) is 1. The number of nitrogens with one attached hydrogen (secondary N) is 1. The number of sulfonamides is 1. The van der Waals surface area contributed by atoms with Crippen molar-refractivity contribution in [2.24, 2.45) is 0 Å². The molecule has 0 amide bonds. The molecule has 2 aromatic heterocycles. The number of fused-ring (bicyclic) bond motifs is 1. The summed E-state index contributed by atoms with van der Waals surface area (Å²) in [6, 6.07) is 12.3. The molecule has 0 spiro atoms. The Kier molecular flexibility index (Phi) is 4.52. The molecular weight excluding hydrogens is 400 g/mol. The molecule has 144 valence electrons. The number of rotatable bonds is 5. The molecular formula is C18H16N4O4S2. The largest absolute Gasteiger partial charge is 0.420 e. The molecule has 0 fully saturated rings. The Morgan fingerprint density at radius 3 is 2.64 bits per heavy atom. The highest BCUT2D eigenvalue weighted by molar-refractivity contribution is 7.93.